The molecule has 6 heteroatoms. The van der Waals surface area contributed by atoms with Crippen LogP contribution in [0.5, 0.6) is 0 Å². The molecule has 0 amide bonds. The molecule has 1 N–H and O–H groups in total. The van der Waals surface area contributed by atoms with Gasteiger partial charge in [0.1, 0.15) is 11.6 Å². The molecule has 1 atom stereocenters. The number of nitrogens with zero attached hydrogens (tertiary/aromatic N) is 4. The number of imidazole rings is 1. The van der Waals surface area contributed by atoms with Gasteiger partial charge in [0.15, 0.2) is 0 Å². The summed E-state index contributed by atoms with van der Waals surface area (Å²) in [6.45, 7) is 11.0. The summed E-state index contributed by atoms with van der Waals surface area (Å²) in [5, 5.41) is 8.16. The van der Waals surface area contributed by atoms with E-state index in [1.807, 2.05) is 30.9 Å². The van der Waals surface area contributed by atoms with Gasteiger partial charge in [-0.25, -0.2) is 14.1 Å². The number of aryl methyl sites for hydroxylation is 2. The molecule has 0 radical (unpaired) electrons. The van der Waals surface area contributed by atoms with E-state index in [-0.39, 0.29) is 5.82 Å². The second-order valence-electron chi connectivity index (χ2n) is 6.90. The van der Waals surface area contributed by atoms with E-state index in [0.717, 1.165) is 42.5 Å². The van der Waals surface area contributed by atoms with Gasteiger partial charge in [-0.15, -0.1) is 0 Å². The van der Waals surface area contributed by atoms with Crippen LogP contribution in [0.3, 0.4) is 0 Å². The van der Waals surface area contributed by atoms with E-state index in [1.54, 1.807) is 12.1 Å². The number of aromatic nitrogens is 4. The van der Waals surface area contributed by atoms with Crippen molar-refractivity contribution in [2.45, 2.75) is 40.8 Å². The molecule has 3 aromatic rings. The Morgan fingerprint density at radius 2 is 1.88 bits per heavy atom. The third-order valence-electron chi connectivity index (χ3n) is 4.74. The Morgan fingerprint density at radius 1 is 1.15 bits per heavy atom. The van der Waals surface area contributed by atoms with E-state index in [4.69, 9.17) is 0 Å². The molecule has 26 heavy (non-hydrogen) atoms. The van der Waals surface area contributed by atoms with E-state index < -0.39 is 0 Å². The Morgan fingerprint density at radius 3 is 2.54 bits per heavy atom. The third kappa shape index (κ3) is 4.02. The molecule has 1 aromatic carbocycles. The lowest BCUT2D eigenvalue weighted by molar-refractivity contribution is 0.440. The fourth-order valence-electron chi connectivity index (χ4n) is 3.21. The largest absolute Gasteiger partial charge is 0.335 e. The zero-order valence-corrected chi connectivity index (χ0v) is 15.8. The predicted octanol–water partition coefficient (Wildman–Crippen LogP) is 3.56. The Bertz CT molecular complexity index is 863. The summed E-state index contributed by atoms with van der Waals surface area (Å²) in [7, 11) is 0. The van der Waals surface area contributed by atoms with Crippen molar-refractivity contribution in [2.24, 2.45) is 5.92 Å². The van der Waals surface area contributed by atoms with Crippen molar-refractivity contribution in [1.82, 2.24) is 24.6 Å². The lowest BCUT2D eigenvalue weighted by Gasteiger charge is -2.14. The maximum Gasteiger partial charge on any atom is 0.123 e. The van der Waals surface area contributed by atoms with Crippen LogP contribution in [0.1, 0.15) is 29.7 Å². The third-order valence-corrected chi connectivity index (χ3v) is 4.74. The highest BCUT2D eigenvalue weighted by Crippen LogP contribution is 2.18. The summed E-state index contributed by atoms with van der Waals surface area (Å²) in [5.41, 5.74) is 4.15. The second-order valence-corrected chi connectivity index (χ2v) is 6.90. The average molecular weight is 355 g/mol. The van der Waals surface area contributed by atoms with Crippen molar-refractivity contribution < 1.29 is 4.39 Å². The molecule has 0 aliphatic rings. The summed E-state index contributed by atoms with van der Waals surface area (Å²) >= 11 is 0. The number of halogens is 1. The minimum atomic E-state index is -0.237. The standard InChI is InChI=1S/C20H26FN5/c1-14(13-25-10-9-23-17(25)4)11-22-12-20-15(2)24-26(16(20)3)19-7-5-18(21)6-8-19/h5-10,14,22H,11-13H2,1-4H3. The number of benzene rings is 1. The van der Waals surface area contributed by atoms with Gasteiger partial charge in [0.25, 0.3) is 0 Å². The maximum absolute atomic E-state index is 13.1. The van der Waals surface area contributed by atoms with Crippen molar-refractivity contribution in [2.75, 3.05) is 6.54 Å². The Kier molecular flexibility index (Phi) is 5.52. The minimum absolute atomic E-state index is 0.237. The van der Waals surface area contributed by atoms with Crippen LogP contribution < -0.4 is 5.32 Å². The summed E-state index contributed by atoms with van der Waals surface area (Å²) in [4.78, 5) is 4.27. The highest BCUT2D eigenvalue weighted by Gasteiger charge is 2.13. The van der Waals surface area contributed by atoms with Crippen LogP contribution in [0, 0.1) is 32.5 Å². The van der Waals surface area contributed by atoms with Crippen LogP contribution in [-0.2, 0) is 13.1 Å². The highest BCUT2D eigenvalue weighted by molar-refractivity contribution is 5.37. The average Bonchev–Trinajstić information content (AvgIpc) is 3.13. The van der Waals surface area contributed by atoms with Crippen LogP contribution in [0.4, 0.5) is 4.39 Å². The van der Waals surface area contributed by atoms with Gasteiger partial charge >= 0.3 is 0 Å². The fraction of sp³-hybridized carbons (Fsp3) is 0.400. The van der Waals surface area contributed by atoms with Crippen LogP contribution in [-0.4, -0.2) is 25.9 Å². The van der Waals surface area contributed by atoms with Crippen molar-refractivity contribution in [3.8, 4) is 5.69 Å². The summed E-state index contributed by atoms with van der Waals surface area (Å²) in [5.74, 6) is 1.30. The zero-order chi connectivity index (χ0) is 18.7. The summed E-state index contributed by atoms with van der Waals surface area (Å²) in [6, 6.07) is 6.43. The SMILES string of the molecule is Cc1nn(-c2ccc(F)cc2)c(C)c1CNCC(C)Cn1ccnc1C. The van der Waals surface area contributed by atoms with Gasteiger partial charge in [-0.2, -0.15) is 5.10 Å². The van der Waals surface area contributed by atoms with Gasteiger partial charge in [0, 0.05) is 36.7 Å². The number of rotatable bonds is 7. The molecule has 5 nitrogen and oxygen atoms in total. The van der Waals surface area contributed by atoms with Crippen molar-refractivity contribution >= 4 is 0 Å². The van der Waals surface area contributed by atoms with E-state index in [9.17, 15) is 4.39 Å². The number of nitrogens with one attached hydrogen (secondary N) is 1. The molecule has 0 saturated carbocycles. The van der Waals surface area contributed by atoms with Gasteiger partial charge in [-0.3, -0.25) is 0 Å². The molecule has 2 heterocycles. The minimum Gasteiger partial charge on any atom is -0.335 e. The first kappa shape index (κ1) is 18.3. The topological polar surface area (TPSA) is 47.7 Å². The summed E-state index contributed by atoms with van der Waals surface area (Å²) in [6.07, 6.45) is 3.86. The molecule has 0 fully saturated rings. The van der Waals surface area contributed by atoms with E-state index in [2.05, 4.69) is 33.8 Å². The lowest BCUT2D eigenvalue weighted by Crippen LogP contribution is -2.24. The van der Waals surface area contributed by atoms with E-state index >= 15 is 0 Å². The molecule has 0 aliphatic heterocycles. The smallest absolute Gasteiger partial charge is 0.123 e. The molecule has 0 bridgehead atoms. The van der Waals surface area contributed by atoms with Crippen LogP contribution in [0.2, 0.25) is 0 Å². The van der Waals surface area contributed by atoms with Gasteiger partial charge in [0.05, 0.1) is 11.4 Å². The highest BCUT2D eigenvalue weighted by atomic mass is 19.1. The van der Waals surface area contributed by atoms with Crippen molar-refractivity contribution in [1.29, 1.82) is 0 Å². The molecule has 2 aromatic heterocycles. The van der Waals surface area contributed by atoms with E-state index in [0.29, 0.717) is 5.92 Å². The van der Waals surface area contributed by atoms with Crippen molar-refractivity contribution in [3.63, 3.8) is 0 Å². The maximum atomic E-state index is 13.1. The predicted molar refractivity (Wildman–Crippen MR) is 101 cm³/mol. The monoisotopic (exact) mass is 355 g/mol. The molecule has 0 saturated heterocycles. The van der Waals surface area contributed by atoms with Gasteiger partial charge in [-0.05, 0) is 57.5 Å². The van der Waals surface area contributed by atoms with Gasteiger partial charge in [-0.1, -0.05) is 6.92 Å². The lowest BCUT2D eigenvalue weighted by atomic mass is 10.1. The first-order valence-electron chi connectivity index (χ1n) is 8.95. The second kappa shape index (κ2) is 7.83. The molecule has 0 aliphatic carbocycles. The first-order chi connectivity index (χ1) is 12.5. The van der Waals surface area contributed by atoms with Crippen LogP contribution in [0.15, 0.2) is 36.7 Å². The zero-order valence-electron chi connectivity index (χ0n) is 15.8. The van der Waals surface area contributed by atoms with Crippen molar-refractivity contribution in [3.05, 3.63) is 65.3 Å². The molecule has 3 rings (SSSR count). The van der Waals surface area contributed by atoms with Gasteiger partial charge < -0.3 is 9.88 Å². The number of hydrogen-bond donors (Lipinski definition) is 1. The Labute approximate surface area is 153 Å². The fourth-order valence-corrected chi connectivity index (χ4v) is 3.21. The first-order valence-corrected chi connectivity index (χ1v) is 8.95. The molecular weight excluding hydrogens is 329 g/mol. The quantitative estimate of drug-likeness (QED) is 0.705. The van der Waals surface area contributed by atoms with E-state index in [1.165, 1.54) is 17.7 Å². The molecular formula is C20H26FN5. The Hall–Kier alpha value is -2.47. The molecule has 138 valence electrons. The van der Waals surface area contributed by atoms with Crippen LogP contribution in [0.25, 0.3) is 5.69 Å². The molecule has 0 spiro atoms. The summed E-state index contributed by atoms with van der Waals surface area (Å²) < 4.78 is 17.2. The van der Waals surface area contributed by atoms with Crippen LogP contribution >= 0.6 is 0 Å². The van der Waals surface area contributed by atoms with Gasteiger partial charge in [0.2, 0.25) is 0 Å². The Balaban J connectivity index is 1.61. The normalized spacial score (nSPS) is 12.5. The molecule has 1 unspecified atom stereocenters. The number of hydrogen-bond acceptors (Lipinski definition) is 3.